The molecule has 1 aromatic carbocycles. The van der Waals surface area contributed by atoms with Gasteiger partial charge < -0.3 is 24.3 Å². The van der Waals surface area contributed by atoms with Gasteiger partial charge in [0.05, 0.1) is 24.0 Å². The van der Waals surface area contributed by atoms with Gasteiger partial charge in [0, 0.05) is 38.2 Å². The van der Waals surface area contributed by atoms with Crippen molar-refractivity contribution >= 4 is 11.6 Å². The van der Waals surface area contributed by atoms with Gasteiger partial charge >= 0.3 is 0 Å². The van der Waals surface area contributed by atoms with Crippen molar-refractivity contribution in [2.45, 2.75) is 18.4 Å². The zero-order chi connectivity index (χ0) is 17.4. The summed E-state index contributed by atoms with van der Waals surface area (Å²) in [6.07, 6.45) is 3.83. The van der Waals surface area contributed by atoms with Gasteiger partial charge in [-0.15, -0.1) is 0 Å². The highest BCUT2D eigenvalue weighted by molar-refractivity contribution is 5.77. The first-order valence-electron chi connectivity index (χ1n) is 8.58. The molecule has 1 spiro atoms. The van der Waals surface area contributed by atoms with Gasteiger partial charge in [-0.1, -0.05) is 0 Å². The van der Waals surface area contributed by atoms with Crippen LogP contribution in [0.15, 0.2) is 36.5 Å². The van der Waals surface area contributed by atoms with Gasteiger partial charge in [-0.2, -0.15) is 0 Å². The number of hydrogen-bond acceptors (Lipinski definition) is 4. The van der Waals surface area contributed by atoms with Crippen molar-refractivity contribution in [3.8, 4) is 11.4 Å². The maximum absolute atomic E-state index is 12.1. The predicted octanol–water partition coefficient (Wildman–Crippen LogP) is 2.38. The molecule has 132 valence electrons. The van der Waals surface area contributed by atoms with Crippen LogP contribution in [0.2, 0.25) is 0 Å². The Morgan fingerprint density at radius 3 is 2.76 bits per heavy atom. The number of methoxy groups -OCH3 is 2. The van der Waals surface area contributed by atoms with Crippen molar-refractivity contribution in [1.82, 2.24) is 9.47 Å². The molecule has 2 aliphatic rings. The quantitative estimate of drug-likeness (QED) is 0.931. The highest BCUT2D eigenvalue weighted by Crippen LogP contribution is 2.44. The van der Waals surface area contributed by atoms with Crippen molar-refractivity contribution < 1.29 is 14.3 Å². The third-order valence-electron chi connectivity index (χ3n) is 5.31. The van der Waals surface area contributed by atoms with E-state index in [0.717, 1.165) is 43.1 Å². The molecule has 25 heavy (non-hydrogen) atoms. The first-order chi connectivity index (χ1) is 12.2. The normalized spacial score (nSPS) is 17.6. The van der Waals surface area contributed by atoms with E-state index in [1.54, 1.807) is 14.2 Å². The Kier molecular flexibility index (Phi) is 3.92. The summed E-state index contributed by atoms with van der Waals surface area (Å²) in [4.78, 5) is 14.0. The number of anilines is 1. The molecule has 1 amide bonds. The van der Waals surface area contributed by atoms with E-state index in [1.807, 2.05) is 17.0 Å². The number of aromatic nitrogens is 1. The number of benzene rings is 1. The molecular weight excluding hydrogens is 318 g/mol. The molecule has 1 saturated heterocycles. The van der Waals surface area contributed by atoms with Crippen LogP contribution in [-0.2, 0) is 15.1 Å². The average molecular weight is 341 g/mol. The molecule has 0 aliphatic carbocycles. The zero-order valence-corrected chi connectivity index (χ0v) is 14.6. The number of carbonyl (C=O) groups is 1. The first kappa shape index (κ1) is 16.0. The molecule has 6 heteroatoms. The van der Waals surface area contributed by atoms with Gasteiger partial charge in [0.2, 0.25) is 5.91 Å². The van der Waals surface area contributed by atoms with E-state index in [2.05, 4.69) is 34.3 Å². The molecule has 1 aromatic heterocycles. The maximum Gasteiger partial charge on any atom is 0.248 e. The molecule has 4 rings (SSSR count). The summed E-state index contributed by atoms with van der Waals surface area (Å²) in [5, 5.41) is 3.75. The Balaban J connectivity index is 1.65. The molecule has 1 N–H and O–H groups in total. The van der Waals surface area contributed by atoms with E-state index in [9.17, 15) is 4.79 Å². The fraction of sp³-hybridized carbons (Fsp3) is 0.421. The van der Waals surface area contributed by atoms with Crippen LogP contribution in [0.1, 0.15) is 18.5 Å². The number of piperidine rings is 1. The maximum atomic E-state index is 12.1. The van der Waals surface area contributed by atoms with Gasteiger partial charge in [-0.05, 0) is 37.1 Å². The summed E-state index contributed by atoms with van der Waals surface area (Å²) in [5.41, 5.74) is 3.29. The van der Waals surface area contributed by atoms with Gasteiger partial charge in [0.15, 0.2) is 0 Å². The van der Waals surface area contributed by atoms with Crippen LogP contribution in [0.4, 0.5) is 5.69 Å². The van der Waals surface area contributed by atoms with Crippen molar-refractivity contribution in [3.05, 3.63) is 42.2 Å². The molecule has 0 unspecified atom stereocenters. The van der Waals surface area contributed by atoms with E-state index < -0.39 is 0 Å². The van der Waals surface area contributed by atoms with Crippen LogP contribution in [0.3, 0.4) is 0 Å². The summed E-state index contributed by atoms with van der Waals surface area (Å²) in [5.74, 6) is 0.898. The predicted molar refractivity (Wildman–Crippen MR) is 95.3 cm³/mol. The number of fused-ring (bicyclic) bond motifs is 4. The summed E-state index contributed by atoms with van der Waals surface area (Å²) < 4.78 is 12.6. The SMILES string of the molecule is COCC(=O)N1CCC2(CC1)Nc1cc(OC)ccc1-n1cccc12. The lowest BCUT2D eigenvalue weighted by Gasteiger charge is -2.46. The molecule has 3 heterocycles. The molecule has 2 aliphatic heterocycles. The molecule has 0 saturated carbocycles. The third kappa shape index (κ3) is 2.57. The number of ether oxygens (including phenoxy) is 2. The lowest BCUT2D eigenvalue weighted by molar-refractivity contribution is -0.136. The minimum atomic E-state index is -0.160. The van der Waals surface area contributed by atoms with Crippen molar-refractivity contribution in [1.29, 1.82) is 0 Å². The molecular formula is C19H23N3O3. The van der Waals surface area contributed by atoms with Gasteiger partial charge in [0.1, 0.15) is 12.4 Å². The minimum absolute atomic E-state index is 0.0608. The van der Waals surface area contributed by atoms with Crippen LogP contribution in [0.5, 0.6) is 5.75 Å². The van der Waals surface area contributed by atoms with E-state index >= 15 is 0 Å². The fourth-order valence-corrected chi connectivity index (χ4v) is 3.99. The van der Waals surface area contributed by atoms with E-state index in [0.29, 0.717) is 0 Å². The van der Waals surface area contributed by atoms with Gasteiger partial charge in [-0.3, -0.25) is 4.79 Å². The lowest BCUT2D eigenvalue weighted by Crippen LogP contribution is -2.51. The molecule has 0 atom stereocenters. The third-order valence-corrected chi connectivity index (χ3v) is 5.31. The number of carbonyl (C=O) groups excluding carboxylic acids is 1. The number of hydrogen-bond donors (Lipinski definition) is 1. The van der Waals surface area contributed by atoms with Crippen LogP contribution in [-0.4, -0.2) is 49.3 Å². The standard InChI is InChI=1S/C19H23N3O3/c1-24-13-18(23)21-10-7-19(8-11-21)17-4-3-9-22(17)16-6-5-14(25-2)12-15(16)20-19/h3-6,9,12,20H,7-8,10-11,13H2,1-2H3. The molecule has 1 fully saturated rings. The Morgan fingerprint density at radius 2 is 2.04 bits per heavy atom. The Labute approximate surface area is 147 Å². The first-order valence-corrected chi connectivity index (χ1v) is 8.58. The van der Waals surface area contributed by atoms with Crippen LogP contribution in [0, 0.1) is 0 Å². The van der Waals surface area contributed by atoms with E-state index in [4.69, 9.17) is 9.47 Å². The number of nitrogens with zero attached hydrogens (tertiary/aromatic N) is 2. The highest BCUT2D eigenvalue weighted by Gasteiger charge is 2.42. The lowest BCUT2D eigenvalue weighted by atomic mass is 9.82. The number of rotatable bonds is 3. The molecule has 6 nitrogen and oxygen atoms in total. The second-order valence-corrected chi connectivity index (χ2v) is 6.67. The second kappa shape index (κ2) is 6.11. The summed E-state index contributed by atoms with van der Waals surface area (Å²) in [6, 6.07) is 10.4. The van der Waals surface area contributed by atoms with E-state index in [1.165, 1.54) is 5.69 Å². The van der Waals surface area contributed by atoms with Crippen LogP contribution in [0.25, 0.3) is 5.69 Å². The highest BCUT2D eigenvalue weighted by atomic mass is 16.5. The summed E-state index contributed by atoms with van der Waals surface area (Å²) in [6.45, 7) is 1.59. The summed E-state index contributed by atoms with van der Waals surface area (Å²) in [7, 11) is 3.24. The number of nitrogens with one attached hydrogen (secondary N) is 1. The minimum Gasteiger partial charge on any atom is -0.497 e. The largest absolute Gasteiger partial charge is 0.497 e. The summed E-state index contributed by atoms with van der Waals surface area (Å²) >= 11 is 0. The van der Waals surface area contributed by atoms with Gasteiger partial charge in [-0.25, -0.2) is 0 Å². The van der Waals surface area contributed by atoms with Crippen LogP contribution < -0.4 is 10.1 Å². The average Bonchev–Trinajstić information content (AvgIpc) is 3.13. The Hall–Kier alpha value is -2.47. The van der Waals surface area contributed by atoms with E-state index in [-0.39, 0.29) is 18.1 Å². The second-order valence-electron chi connectivity index (χ2n) is 6.67. The monoisotopic (exact) mass is 341 g/mol. The van der Waals surface area contributed by atoms with Crippen molar-refractivity contribution in [3.63, 3.8) is 0 Å². The Morgan fingerprint density at radius 1 is 1.24 bits per heavy atom. The topological polar surface area (TPSA) is 55.7 Å². The molecule has 2 aromatic rings. The molecule has 0 radical (unpaired) electrons. The van der Waals surface area contributed by atoms with Crippen LogP contribution >= 0.6 is 0 Å². The fourth-order valence-electron chi connectivity index (χ4n) is 3.99. The van der Waals surface area contributed by atoms with Crippen molar-refractivity contribution in [2.75, 3.05) is 39.2 Å². The van der Waals surface area contributed by atoms with Gasteiger partial charge in [0.25, 0.3) is 0 Å². The smallest absolute Gasteiger partial charge is 0.248 e. The van der Waals surface area contributed by atoms with Crippen molar-refractivity contribution in [2.24, 2.45) is 0 Å². The Bertz CT molecular complexity index is 791. The zero-order valence-electron chi connectivity index (χ0n) is 14.6. The number of amides is 1. The number of likely N-dealkylation sites (tertiary alicyclic amines) is 1. The molecule has 0 bridgehead atoms.